The summed E-state index contributed by atoms with van der Waals surface area (Å²) in [5.74, 6) is 0.526. The molecule has 284 valence electrons. The van der Waals surface area contributed by atoms with Gasteiger partial charge in [0, 0.05) is 28.1 Å². The summed E-state index contributed by atoms with van der Waals surface area (Å²) in [5.41, 5.74) is 2.74. The van der Waals surface area contributed by atoms with E-state index in [1.807, 2.05) is 113 Å². The summed E-state index contributed by atoms with van der Waals surface area (Å²) >= 11 is 6.85. The molecule has 3 atom stereocenters. The summed E-state index contributed by atoms with van der Waals surface area (Å²) in [7, 11) is 0. The average molecular weight is 958 g/mol. The van der Waals surface area contributed by atoms with Gasteiger partial charge in [0.15, 0.2) is 5.60 Å². The Bertz CT molecular complexity index is 1480. The Morgan fingerprint density at radius 3 is 1.88 bits per heavy atom. The van der Waals surface area contributed by atoms with Crippen LogP contribution in [0.4, 0.5) is 0 Å². The Morgan fingerprint density at radius 2 is 1.35 bits per heavy atom. The average Bonchev–Trinajstić information content (AvgIpc) is 3.17. The van der Waals surface area contributed by atoms with Crippen LogP contribution in [0.2, 0.25) is 5.02 Å². The van der Waals surface area contributed by atoms with Crippen molar-refractivity contribution in [1.29, 1.82) is 0 Å². The molecule has 0 spiro atoms. The summed E-state index contributed by atoms with van der Waals surface area (Å²) in [6.45, 7) is 19.4. The van der Waals surface area contributed by atoms with Gasteiger partial charge in [0.1, 0.15) is 11.8 Å². The van der Waals surface area contributed by atoms with Gasteiger partial charge in [-0.25, -0.2) is 4.79 Å². The molecule has 0 saturated heterocycles. The standard InChI is InChI=1S/C37H39ClNO4.C3H8.2C2H6.Fm/c1-4-6-24-42-32-22-16-28(17-23-32)25-35(39-26-40)36(41)43-37(30-12-8-7-9-13-30,33-14-10-11-15-34(33)38)31-20-18-29(19-21-31)27(3)5-2;1-3-2;2*1-2;/h7-23,27,35H,4-6,24-25H2,1-3H3,(H,39,40);3H2,1-2H3;2*1-2H3;/q-1;;;;/t27-,35-,37?;;;;/m0..../s1. The summed E-state index contributed by atoms with van der Waals surface area (Å²) in [4.78, 5) is 25.7. The van der Waals surface area contributed by atoms with Gasteiger partial charge in [-0.1, -0.05) is 172 Å². The molecule has 4 aromatic rings. The molecule has 0 radical (unpaired) electrons. The largest absolute Gasteiger partial charge is 0.520 e. The summed E-state index contributed by atoms with van der Waals surface area (Å²) < 4.78 is 12.4. The summed E-state index contributed by atoms with van der Waals surface area (Å²) in [6, 6.07) is 31.6. The van der Waals surface area contributed by atoms with E-state index in [-0.39, 0.29) is 6.42 Å². The van der Waals surface area contributed by atoms with E-state index < -0.39 is 17.6 Å². The SMILES string of the molecule is CC.CC.CCC.CCCCOc1ccc(C[C@H](N[C-]=O)C(=O)OC(c2ccccc2)(c2ccc([C@@H](C)CC)cc2)c2ccccc2Cl)cc1.[Fm]. The Kier molecular flexibility index (Phi) is 23.2. The van der Waals surface area contributed by atoms with E-state index in [1.54, 1.807) is 12.5 Å². The van der Waals surface area contributed by atoms with Crippen LogP contribution in [0, 0.1) is 0 Å². The molecule has 0 aromatic heterocycles. The van der Waals surface area contributed by atoms with Crippen molar-refractivity contribution in [2.45, 2.75) is 112 Å². The minimum Gasteiger partial charge on any atom is -0.520 e. The molecule has 0 saturated carbocycles. The zero-order valence-electron chi connectivity index (χ0n) is 32.0. The smallest absolute Gasteiger partial charge is 0.327 e. The number of esters is 1. The maximum Gasteiger partial charge on any atom is 0.327 e. The van der Waals surface area contributed by atoms with Crippen molar-refractivity contribution in [1.82, 2.24) is 5.32 Å². The molecule has 7 heteroatoms. The molecular formula is C44H59ClFmNO4-. The van der Waals surface area contributed by atoms with E-state index in [0.717, 1.165) is 41.7 Å². The van der Waals surface area contributed by atoms with Gasteiger partial charge in [-0.2, -0.15) is 6.41 Å². The second-order valence-electron chi connectivity index (χ2n) is 11.4. The molecule has 4 rings (SSSR count). The number of nitrogens with one attached hydrogen (secondary N) is 1. The fourth-order valence-electron chi connectivity index (χ4n) is 5.13. The van der Waals surface area contributed by atoms with Gasteiger partial charge in [0.25, 0.3) is 0 Å². The molecule has 0 aliphatic heterocycles. The Hall–Kier alpha value is -5.09. The first-order valence-electron chi connectivity index (χ1n) is 18.3. The molecule has 0 aliphatic carbocycles. The number of hydrogen-bond acceptors (Lipinski definition) is 4. The van der Waals surface area contributed by atoms with Gasteiger partial charge in [-0.15, -0.1) is 0 Å². The molecule has 1 unspecified atom stereocenters. The minimum atomic E-state index is -1.38. The molecule has 0 fully saturated rings. The maximum absolute atomic E-state index is 14.1. The fraction of sp³-hybridized carbons (Fsp3) is 0.409. The van der Waals surface area contributed by atoms with E-state index in [4.69, 9.17) is 21.1 Å². The number of hydrogen-bond donors (Lipinski definition) is 1. The van der Waals surface area contributed by atoms with Crippen molar-refractivity contribution >= 4 is 24.0 Å². The van der Waals surface area contributed by atoms with Crippen molar-refractivity contribution in [3.63, 3.8) is 0 Å². The molecule has 0 bridgehead atoms. The van der Waals surface area contributed by atoms with E-state index in [0.29, 0.717) is 23.1 Å². The molecule has 0 aliphatic rings. The van der Waals surface area contributed by atoms with Crippen molar-refractivity contribution in [2.24, 2.45) is 0 Å². The van der Waals surface area contributed by atoms with Crippen LogP contribution in [0.25, 0.3) is 0 Å². The Morgan fingerprint density at radius 1 is 0.804 bits per heavy atom. The van der Waals surface area contributed by atoms with Gasteiger partial charge in [0.2, 0.25) is 0 Å². The third kappa shape index (κ3) is 13.3. The van der Waals surface area contributed by atoms with Crippen LogP contribution in [-0.4, -0.2) is 25.0 Å². The number of rotatable bonds is 15. The van der Waals surface area contributed by atoms with Crippen LogP contribution in [-0.2, 0) is 26.3 Å². The van der Waals surface area contributed by atoms with Crippen molar-refractivity contribution in [3.8, 4) is 5.75 Å². The summed E-state index contributed by atoms with van der Waals surface area (Å²) in [6.07, 6.45) is 6.20. The topological polar surface area (TPSA) is 64.6 Å². The van der Waals surface area contributed by atoms with Gasteiger partial charge in [0.05, 0.1) is 6.61 Å². The Labute approximate surface area is 307 Å². The van der Waals surface area contributed by atoms with Gasteiger partial charge in [-0.3, -0.25) is 0 Å². The number of benzene rings is 4. The van der Waals surface area contributed by atoms with E-state index >= 15 is 0 Å². The number of carbonyl (C=O) groups is 1. The van der Waals surface area contributed by atoms with E-state index in [9.17, 15) is 9.59 Å². The van der Waals surface area contributed by atoms with Gasteiger partial charge in [-0.05, 0) is 48.1 Å². The summed E-state index contributed by atoms with van der Waals surface area (Å²) in [5, 5.41) is 3.02. The zero-order valence-corrected chi connectivity index (χ0v) is 35.2. The van der Waals surface area contributed by atoms with E-state index in [2.05, 4.69) is 52.1 Å². The number of carbonyl (C=O) groups excluding carboxylic acids is 2. The van der Waals surface area contributed by atoms with Crippen molar-refractivity contribution in [3.05, 3.63) is 136 Å². The third-order valence-corrected chi connectivity index (χ3v) is 8.16. The van der Waals surface area contributed by atoms with Crippen molar-refractivity contribution < 1.29 is 19.1 Å². The number of halogens is 1. The quantitative estimate of drug-likeness (QED) is 0.0424. The third-order valence-electron chi connectivity index (χ3n) is 7.83. The normalized spacial score (nSPS) is 12.2. The first-order chi connectivity index (χ1) is 24.3. The first kappa shape index (κ1) is 45.9. The molecule has 1 amide bonds. The first-order valence-corrected chi connectivity index (χ1v) is 18.7. The fourth-order valence-corrected chi connectivity index (χ4v) is 5.40. The molecule has 5 nitrogen and oxygen atoms in total. The van der Waals surface area contributed by atoms with Gasteiger partial charge < -0.3 is 19.6 Å². The van der Waals surface area contributed by atoms with E-state index in [1.165, 1.54) is 12.0 Å². The monoisotopic (exact) mass is 958 g/mol. The van der Waals surface area contributed by atoms with Crippen LogP contribution in [0.15, 0.2) is 103 Å². The second kappa shape index (κ2) is 25.8. The molecular weight excluding hydrogens is 899 g/mol. The van der Waals surface area contributed by atoms with Crippen LogP contribution in [0.3, 0.4) is 0 Å². The predicted octanol–water partition coefficient (Wildman–Crippen LogP) is 11.6. The molecule has 4 aromatic carbocycles. The molecule has 0 heterocycles. The maximum atomic E-state index is 14.1. The van der Waals surface area contributed by atoms with Gasteiger partial charge >= 0.3 is 5.97 Å². The molecule has 1 N–H and O–H groups in total. The van der Waals surface area contributed by atoms with Crippen LogP contribution >= 0.6 is 11.6 Å². The van der Waals surface area contributed by atoms with Crippen molar-refractivity contribution in [2.75, 3.05) is 6.61 Å². The predicted molar refractivity (Wildman–Crippen MR) is 211 cm³/mol. The van der Waals surface area contributed by atoms with Crippen LogP contribution in [0.5, 0.6) is 5.75 Å². The number of unbranched alkanes of at least 4 members (excludes halogenated alkanes) is 1. The Balaban J connectivity index is 0.00000292. The van der Waals surface area contributed by atoms with Crippen LogP contribution < -0.4 is 10.1 Å². The zero-order chi connectivity index (χ0) is 37.4. The number of ether oxygens (including phenoxy) is 2. The second-order valence-corrected chi connectivity index (χ2v) is 11.8. The number of amides is 1. The molecule has 51 heavy (non-hydrogen) atoms. The minimum absolute atomic E-state index is 0. The van der Waals surface area contributed by atoms with Crippen LogP contribution in [0.1, 0.15) is 122 Å².